The van der Waals surface area contributed by atoms with Crippen LogP contribution in [0.5, 0.6) is 0 Å². The van der Waals surface area contributed by atoms with Crippen LogP contribution >= 0.6 is 0 Å². The molecule has 0 amide bonds. The Morgan fingerprint density at radius 1 is 1.60 bits per heavy atom. The Balaban J connectivity index is 1.87. The maximum absolute atomic E-state index is 5.50. The zero-order chi connectivity index (χ0) is 7.14. The normalized spacial score (nSPS) is 45.6. The number of hydrogen-bond acceptors (Lipinski definition) is 2. The van der Waals surface area contributed by atoms with E-state index < -0.39 is 0 Å². The van der Waals surface area contributed by atoms with Crippen molar-refractivity contribution in [1.29, 1.82) is 0 Å². The summed E-state index contributed by atoms with van der Waals surface area (Å²) >= 11 is 0. The van der Waals surface area contributed by atoms with Crippen LogP contribution in [-0.2, 0) is 0 Å². The highest BCUT2D eigenvalue weighted by Crippen LogP contribution is 2.51. The van der Waals surface area contributed by atoms with E-state index in [2.05, 4.69) is 11.9 Å². The van der Waals surface area contributed by atoms with Crippen LogP contribution in [0.3, 0.4) is 0 Å². The van der Waals surface area contributed by atoms with Gasteiger partial charge in [-0.15, -0.1) is 0 Å². The molecule has 10 heavy (non-hydrogen) atoms. The van der Waals surface area contributed by atoms with Crippen molar-refractivity contribution in [3.63, 3.8) is 0 Å². The Morgan fingerprint density at radius 3 is 2.90 bits per heavy atom. The third kappa shape index (κ3) is 0.789. The molecule has 1 aliphatic carbocycles. The zero-order valence-electron chi connectivity index (χ0n) is 6.59. The molecule has 3 atom stereocenters. The Labute approximate surface area is 62.4 Å². The highest BCUT2D eigenvalue weighted by molar-refractivity contribution is 5.07. The van der Waals surface area contributed by atoms with Gasteiger partial charge in [-0.05, 0) is 44.8 Å². The summed E-state index contributed by atoms with van der Waals surface area (Å²) in [6, 6.07) is 0.920. The summed E-state index contributed by atoms with van der Waals surface area (Å²) in [6.45, 7) is 2.20. The molecule has 58 valence electrons. The highest BCUT2D eigenvalue weighted by Gasteiger charge is 2.54. The lowest BCUT2D eigenvalue weighted by molar-refractivity contribution is 0.334. The van der Waals surface area contributed by atoms with Crippen molar-refractivity contribution >= 4 is 0 Å². The van der Waals surface area contributed by atoms with Crippen molar-refractivity contribution in [3.8, 4) is 0 Å². The highest BCUT2D eigenvalue weighted by atomic mass is 15.2. The molecule has 0 radical (unpaired) electrons. The molecule has 2 nitrogen and oxygen atoms in total. The van der Waals surface area contributed by atoms with E-state index >= 15 is 0 Å². The van der Waals surface area contributed by atoms with Gasteiger partial charge in [-0.3, -0.25) is 0 Å². The third-order valence-corrected chi connectivity index (χ3v) is 3.11. The smallest absolute Gasteiger partial charge is 0.0156 e. The van der Waals surface area contributed by atoms with Crippen molar-refractivity contribution < 1.29 is 0 Å². The van der Waals surface area contributed by atoms with E-state index in [-0.39, 0.29) is 0 Å². The zero-order valence-corrected chi connectivity index (χ0v) is 6.59. The van der Waals surface area contributed by atoms with Crippen LogP contribution in [0.1, 0.15) is 12.8 Å². The van der Waals surface area contributed by atoms with Gasteiger partial charge in [0.25, 0.3) is 0 Å². The van der Waals surface area contributed by atoms with E-state index in [1.54, 1.807) is 0 Å². The summed E-state index contributed by atoms with van der Waals surface area (Å²) < 4.78 is 0. The van der Waals surface area contributed by atoms with Crippen molar-refractivity contribution in [2.24, 2.45) is 17.6 Å². The van der Waals surface area contributed by atoms with Crippen LogP contribution < -0.4 is 5.73 Å². The van der Waals surface area contributed by atoms with E-state index in [1.807, 2.05) is 0 Å². The monoisotopic (exact) mass is 140 g/mol. The SMILES string of the molecule is CN1CC[C@@H]2C(CCN)[C@@H]21. The van der Waals surface area contributed by atoms with Gasteiger partial charge in [0.2, 0.25) is 0 Å². The summed E-state index contributed by atoms with van der Waals surface area (Å²) in [5.41, 5.74) is 5.50. The minimum absolute atomic E-state index is 0.880. The average Bonchev–Trinajstić information content (AvgIpc) is 2.45. The quantitative estimate of drug-likeness (QED) is 0.597. The third-order valence-electron chi connectivity index (χ3n) is 3.11. The van der Waals surface area contributed by atoms with Crippen LogP contribution in [0.2, 0.25) is 0 Å². The molecule has 1 unspecified atom stereocenters. The van der Waals surface area contributed by atoms with Gasteiger partial charge < -0.3 is 10.6 Å². The maximum Gasteiger partial charge on any atom is 0.0156 e. The fraction of sp³-hybridized carbons (Fsp3) is 1.00. The Hall–Kier alpha value is -0.0800. The first-order chi connectivity index (χ1) is 4.84. The number of nitrogens with zero attached hydrogens (tertiary/aromatic N) is 1. The first-order valence-corrected chi connectivity index (χ1v) is 4.25. The molecule has 1 aliphatic heterocycles. The predicted molar refractivity (Wildman–Crippen MR) is 41.7 cm³/mol. The Bertz CT molecular complexity index is 135. The largest absolute Gasteiger partial charge is 0.330 e. The number of hydrogen-bond donors (Lipinski definition) is 1. The average molecular weight is 140 g/mol. The Morgan fingerprint density at radius 2 is 2.40 bits per heavy atom. The molecule has 2 N–H and O–H groups in total. The van der Waals surface area contributed by atoms with Crippen molar-refractivity contribution in [1.82, 2.24) is 4.90 Å². The lowest BCUT2D eigenvalue weighted by Gasteiger charge is -2.11. The van der Waals surface area contributed by atoms with Crippen LogP contribution in [0.4, 0.5) is 0 Å². The molecule has 0 aromatic heterocycles. The van der Waals surface area contributed by atoms with Crippen LogP contribution in [-0.4, -0.2) is 31.1 Å². The number of piperidine rings is 1. The summed E-state index contributed by atoms with van der Waals surface area (Å²) in [6.07, 6.45) is 2.67. The molecule has 2 fully saturated rings. The predicted octanol–water partition coefficient (Wildman–Crippen LogP) is 0.285. The lowest BCUT2D eigenvalue weighted by atomic mass is 10.2. The number of nitrogens with two attached hydrogens (primary N) is 1. The summed E-state index contributed by atoms with van der Waals surface area (Å²) in [4.78, 5) is 2.49. The minimum Gasteiger partial charge on any atom is -0.330 e. The maximum atomic E-state index is 5.50. The van der Waals surface area contributed by atoms with E-state index in [9.17, 15) is 0 Å². The molecular formula is C8H16N2. The molecule has 2 heteroatoms. The summed E-state index contributed by atoms with van der Waals surface area (Å²) in [7, 11) is 2.24. The molecule has 0 aromatic carbocycles. The second kappa shape index (κ2) is 2.21. The first-order valence-electron chi connectivity index (χ1n) is 4.25. The van der Waals surface area contributed by atoms with Gasteiger partial charge in [0.1, 0.15) is 0 Å². The van der Waals surface area contributed by atoms with Gasteiger partial charge in [-0.2, -0.15) is 0 Å². The molecule has 1 saturated carbocycles. The van der Waals surface area contributed by atoms with Crippen molar-refractivity contribution in [2.75, 3.05) is 20.1 Å². The van der Waals surface area contributed by atoms with E-state index in [4.69, 9.17) is 5.73 Å². The molecular weight excluding hydrogens is 124 g/mol. The molecule has 1 heterocycles. The topological polar surface area (TPSA) is 29.3 Å². The van der Waals surface area contributed by atoms with E-state index in [1.165, 1.54) is 19.4 Å². The molecule has 0 spiro atoms. The van der Waals surface area contributed by atoms with Gasteiger partial charge >= 0.3 is 0 Å². The van der Waals surface area contributed by atoms with Gasteiger partial charge in [-0.25, -0.2) is 0 Å². The molecule has 0 aromatic rings. The molecule has 0 bridgehead atoms. The minimum atomic E-state index is 0.880. The molecule has 1 saturated heterocycles. The van der Waals surface area contributed by atoms with Gasteiger partial charge in [0.05, 0.1) is 0 Å². The molecule has 2 aliphatic rings. The molecule has 2 rings (SSSR count). The fourth-order valence-electron chi connectivity index (χ4n) is 2.54. The van der Waals surface area contributed by atoms with Crippen molar-refractivity contribution in [3.05, 3.63) is 0 Å². The van der Waals surface area contributed by atoms with E-state index in [0.29, 0.717) is 0 Å². The second-order valence-corrected chi connectivity index (χ2v) is 3.66. The van der Waals surface area contributed by atoms with Crippen LogP contribution in [0, 0.1) is 11.8 Å². The number of likely N-dealkylation sites (tertiary alicyclic amines) is 1. The first kappa shape index (κ1) is 6.62. The van der Waals surface area contributed by atoms with Crippen molar-refractivity contribution in [2.45, 2.75) is 18.9 Å². The van der Waals surface area contributed by atoms with Crippen LogP contribution in [0.25, 0.3) is 0 Å². The van der Waals surface area contributed by atoms with Gasteiger partial charge in [0.15, 0.2) is 0 Å². The number of fused-ring (bicyclic) bond motifs is 1. The summed E-state index contributed by atoms with van der Waals surface area (Å²) in [5.74, 6) is 1.98. The summed E-state index contributed by atoms with van der Waals surface area (Å²) in [5, 5.41) is 0. The lowest BCUT2D eigenvalue weighted by Crippen LogP contribution is -2.20. The Kier molecular flexibility index (Phi) is 1.46. The fourth-order valence-corrected chi connectivity index (χ4v) is 2.54. The van der Waals surface area contributed by atoms with E-state index in [0.717, 1.165) is 24.4 Å². The van der Waals surface area contributed by atoms with Gasteiger partial charge in [-0.1, -0.05) is 0 Å². The standard InChI is InChI=1S/C8H16N2/c1-10-5-3-7-6(2-4-9)8(7)10/h6-8H,2-5,9H2,1H3/t6?,7-,8+/m1/s1. The van der Waals surface area contributed by atoms with Crippen LogP contribution in [0.15, 0.2) is 0 Å². The number of rotatable bonds is 2. The van der Waals surface area contributed by atoms with Gasteiger partial charge in [0, 0.05) is 6.04 Å². The second-order valence-electron chi connectivity index (χ2n) is 3.66.